The Labute approximate surface area is 101 Å². The summed E-state index contributed by atoms with van der Waals surface area (Å²) >= 11 is 0. The van der Waals surface area contributed by atoms with Crippen molar-refractivity contribution in [1.82, 2.24) is 15.8 Å². The number of carbonyl (C=O) groups excluding carboxylic acids is 1. The minimum Gasteiger partial charge on any atom is -0.361 e. The first-order valence-electron chi connectivity index (χ1n) is 4.98. The van der Waals surface area contributed by atoms with E-state index in [4.69, 9.17) is 4.52 Å². The molecule has 1 aromatic heterocycles. The number of hydrogen-bond acceptors (Lipinski definition) is 4. The first-order chi connectivity index (χ1) is 7.11. The van der Waals surface area contributed by atoms with Gasteiger partial charge < -0.3 is 15.2 Å². The Morgan fingerprint density at radius 1 is 1.62 bits per heavy atom. The molecule has 6 heteroatoms. The van der Waals surface area contributed by atoms with Gasteiger partial charge in [-0.2, -0.15) is 0 Å². The molecule has 0 aliphatic rings. The minimum absolute atomic E-state index is 0. The summed E-state index contributed by atoms with van der Waals surface area (Å²) in [7, 11) is 1.86. The maximum absolute atomic E-state index is 11.4. The van der Waals surface area contributed by atoms with Crippen molar-refractivity contribution < 1.29 is 9.32 Å². The molecule has 1 rings (SSSR count). The number of amides is 1. The number of nitrogens with zero attached hydrogens (tertiary/aromatic N) is 1. The number of rotatable bonds is 5. The van der Waals surface area contributed by atoms with Crippen LogP contribution in [0, 0.1) is 6.92 Å². The van der Waals surface area contributed by atoms with Gasteiger partial charge in [-0.05, 0) is 20.9 Å². The van der Waals surface area contributed by atoms with Crippen LogP contribution in [0.2, 0.25) is 0 Å². The zero-order chi connectivity index (χ0) is 11.3. The molecule has 0 aliphatic carbocycles. The van der Waals surface area contributed by atoms with Crippen molar-refractivity contribution in [2.45, 2.75) is 26.3 Å². The van der Waals surface area contributed by atoms with Gasteiger partial charge in [0, 0.05) is 18.7 Å². The summed E-state index contributed by atoms with van der Waals surface area (Å²) in [6, 6.07) is 2.04. The van der Waals surface area contributed by atoms with Crippen LogP contribution in [-0.4, -0.2) is 30.7 Å². The molecule has 1 aromatic rings. The highest BCUT2D eigenvalue weighted by molar-refractivity contribution is 5.85. The van der Waals surface area contributed by atoms with Crippen LogP contribution in [0.25, 0.3) is 0 Å². The van der Waals surface area contributed by atoms with Crippen LogP contribution in [0.4, 0.5) is 0 Å². The monoisotopic (exact) mass is 247 g/mol. The maximum atomic E-state index is 11.4. The molecule has 0 aromatic carbocycles. The molecular formula is C10H18ClN3O2. The lowest BCUT2D eigenvalue weighted by atomic mass is 10.2. The molecule has 1 amide bonds. The zero-order valence-corrected chi connectivity index (χ0v) is 10.6. The van der Waals surface area contributed by atoms with E-state index in [-0.39, 0.29) is 30.8 Å². The average Bonchev–Trinajstić information content (AvgIpc) is 2.60. The van der Waals surface area contributed by atoms with Crippen molar-refractivity contribution >= 4 is 18.3 Å². The molecule has 0 saturated carbocycles. The van der Waals surface area contributed by atoms with Gasteiger partial charge in [0.15, 0.2) is 0 Å². The second-order valence-electron chi connectivity index (χ2n) is 3.60. The fraction of sp³-hybridized carbons (Fsp3) is 0.600. The second kappa shape index (κ2) is 7.24. The number of carbonyl (C=O) groups is 1. The van der Waals surface area contributed by atoms with Gasteiger partial charge in [-0.1, -0.05) is 5.16 Å². The van der Waals surface area contributed by atoms with Crippen molar-refractivity contribution in [3.63, 3.8) is 0 Å². The number of likely N-dealkylation sites (N-methyl/N-ethyl adjacent to an activating group) is 1. The predicted molar refractivity (Wildman–Crippen MR) is 63.7 cm³/mol. The smallest absolute Gasteiger partial charge is 0.226 e. The van der Waals surface area contributed by atoms with Crippen LogP contribution in [-0.2, 0) is 11.2 Å². The van der Waals surface area contributed by atoms with Crippen molar-refractivity contribution in [2.75, 3.05) is 13.6 Å². The SMILES string of the molecule is CNC(C)CNC(=O)Cc1cc(C)on1.Cl. The Bertz CT molecular complexity index is 328. The van der Waals surface area contributed by atoms with E-state index >= 15 is 0 Å². The quantitative estimate of drug-likeness (QED) is 0.803. The van der Waals surface area contributed by atoms with E-state index < -0.39 is 0 Å². The zero-order valence-electron chi connectivity index (χ0n) is 9.74. The third-order valence-corrected chi connectivity index (χ3v) is 2.12. The van der Waals surface area contributed by atoms with Crippen molar-refractivity contribution in [3.8, 4) is 0 Å². The van der Waals surface area contributed by atoms with Crippen LogP contribution >= 0.6 is 12.4 Å². The fourth-order valence-corrected chi connectivity index (χ4v) is 1.10. The summed E-state index contributed by atoms with van der Waals surface area (Å²) in [6.45, 7) is 4.42. The Hall–Kier alpha value is -1.07. The van der Waals surface area contributed by atoms with Crippen LogP contribution in [0.3, 0.4) is 0 Å². The molecule has 1 unspecified atom stereocenters. The summed E-state index contributed by atoms with van der Waals surface area (Å²) < 4.78 is 4.87. The maximum Gasteiger partial charge on any atom is 0.226 e. The largest absolute Gasteiger partial charge is 0.361 e. The Balaban J connectivity index is 0.00000225. The molecule has 0 spiro atoms. The number of nitrogens with one attached hydrogen (secondary N) is 2. The third kappa shape index (κ3) is 5.14. The highest BCUT2D eigenvalue weighted by Gasteiger charge is 2.08. The van der Waals surface area contributed by atoms with Gasteiger partial charge in [0.05, 0.1) is 12.1 Å². The molecule has 5 nitrogen and oxygen atoms in total. The summed E-state index contributed by atoms with van der Waals surface area (Å²) in [5.74, 6) is 0.687. The molecule has 92 valence electrons. The van der Waals surface area contributed by atoms with Gasteiger partial charge in [-0.3, -0.25) is 4.79 Å². The first-order valence-corrected chi connectivity index (χ1v) is 4.98. The van der Waals surface area contributed by atoms with Crippen LogP contribution < -0.4 is 10.6 Å². The molecule has 0 bridgehead atoms. The molecule has 2 N–H and O–H groups in total. The molecule has 0 radical (unpaired) electrons. The van der Waals surface area contributed by atoms with Crippen LogP contribution in [0.1, 0.15) is 18.4 Å². The average molecular weight is 248 g/mol. The molecule has 1 heterocycles. The van der Waals surface area contributed by atoms with Crippen molar-refractivity contribution in [3.05, 3.63) is 17.5 Å². The van der Waals surface area contributed by atoms with E-state index in [9.17, 15) is 4.79 Å². The van der Waals surface area contributed by atoms with E-state index in [1.807, 2.05) is 14.0 Å². The molecule has 1 atom stereocenters. The highest BCUT2D eigenvalue weighted by atomic mass is 35.5. The topological polar surface area (TPSA) is 67.2 Å². The second-order valence-corrected chi connectivity index (χ2v) is 3.60. The summed E-state index contributed by atoms with van der Waals surface area (Å²) in [5.41, 5.74) is 0.669. The molecule has 16 heavy (non-hydrogen) atoms. The van der Waals surface area contributed by atoms with E-state index in [2.05, 4.69) is 15.8 Å². The number of aromatic nitrogens is 1. The van der Waals surface area contributed by atoms with Gasteiger partial charge in [0.1, 0.15) is 5.76 Å². The number of halogens is 1. The summed E-state index contributed by atoms with van der Waals surface area (Å²) in [6.07, 6.45) is 0.272. The highest BCUT2D eigenvalue weighted by Crippen LogP contribution is 2.01. The Morgan fingerprint density at radius 2 is 2.31 bits per heavy atom. The van der Waals surface area contributed by atoms with Gasteiger partial charge in [-0.25, -0.2) is 0 Å². The minimum atomic E-state index is -0.0367. The van der Waals surface area contributed by atoms with Crippen LogP contribution in [0.5, 0.6) is 0 Å². The lowest BCUT2D eigenvalue weighted by Gasteiger charge is -2.10. The molecular weight excluding hydrogens is 230 g/mol. The van der Waals surface area contributed by atoms with E-state index in [1.54, 1.807) is 13.0 Å². The van der Waals surface area contributed by atoms with Crippen molar-refractivity contribution in [2.24, 2.45) is 0 Å². The number of aryl methyl sites for hydroxylation is 1. The summed E-state index contributed by atoms with van der Waals surface area (Å²) in [5, 5.41) is 9.60. The normalized spacial score (nSPS) is 11.7. The Kier molecular flexibility index (Phi) is 6.76. The molecule has 0 fully saturated rings. The van der Waals surface area contributed by atoms with Gasteiger partial charge in [0.2, 0.25) is 5.91 Å². The van der Waals surface area contributed by atoms with Gasteiger partial charge in [0.25, 0.3) is 0 Å². The Morgan fingerprint density at radius 3 is 2.81 bits per heavy atom. The van der Waals surface area contributed by atoms with E-state index in [0.29, 0.717) is 12.2 Å². The lowest BCUT2D eigenvalue weighted by molar-refractivity contribution is -0.120. The summed E-state index contributed by atoms with van der Waals surface area (Å²) in [4.78, 5) is 11.4. The third-order valence-electron chi connectivity index (χ3n) is 2.12. The van der Waals surface area contributed by atoms with E-state index in [0.717, 1.165) is 5.76 Å². The van der Waals surface area contributed by atoms with E-state index in [1.165, 1.54) is 0 Å². The van der Waals surface area contributed by atoms with Crippen LogP contribution in [0.15, 0.2) is 10.6 Å². The lowest BCUT2D eigenvalue weighted by Crippen LogP contribution is -2.37. The standard InChI is InChI=1S/C10H17N3O2.ClH/c1-7(11-3)6-12-10(14)5-9-4-8(2)15-13-9;/h4,7,11H,5-6H2,1-3H3,(H,12,14);1H. The predicted octanol–water partition coefficient (Wildman–Crippen LogP) is 0.671. The fourth-order valence-electron chi connectivity index (χ4n) is 1.10. The number of hydrogen-bond donors (Lipinski definition) is 2. The van der Waals surface area contributed by atoms with Gasteiger partial charge in [-0.15, -0.1) is 12.4 Å². The van der Waals surface area contributed by atoms with Crippen molar-refractivity contribution in [1.29, 1.82) is 0 Å². The molecule has 0 saturated heterocycles. The first kappa shape index (κ1) is 14.9. The van der Waals surface area contributed by atoms with Gasteiger partial charge >= 0.3 is 0 Å². The molecule has 0 aliphatic heterocycles.